The van der Waals surface area contributed by atoms with Crippen molar-refractivity contribution in [2.45, 2.75) is 0 Å². The van der Waals surface area contributed by atoms with Gasteiger partial charge in [0.1, 0.15) is 0 Å². The highest BCUT2D eigenvalue weighted by Crippen LogP contribution is 2.43. The Kier molecular flexibility index (Phi) is 9.00. The summed E-state index contributed by atoms with van der Waals surface area (Å²) < 4.78 is 4.95. The maximum absolute atomic E-state index is 5.48. The van der Waals surface area contributed by atoms with Crippen LogP contribution in [0.4, 0.5) is 0 Å². The van der Waals surface area contributed by atoms with Crippen molar-refractivity contribution < 1.29 is 0 Å². The van der Waals surface area contributed by atoms with Gasteiger partial charge >= 0.3 is 0 Å². The Morgan fingerprint density at radius 2 is 0.803 bits per heavy atom. The molecule has 0 aliphatic carbocycles. The number of hydrogen-bond acceptors (Lipinski definition) is 4. The van der Waals surface area contributed by atoms with Crippen LogP contribution in [0, 0.1) is 0 Å². The molecule has 0 aliphatic heterocycles. The molecule has 13 rings (SSSR count). The van der Waals surface area contributed by atoms with Gasteiger partial charge in [0.2, 0.25) is 0 Å². The second-order valence-electron chi connectivity index (χ2n) is 16.7. The average molecular weight is 859 g/mol. The Morgan fingerprint density at radius 3 is 1.47 bits per heavy atom. The van der Waals surface area contributed by atoms with Gasteiger partial charge in [0.25, 0.3) is 0 Å². The fraction of sp³-hybridized carbons (Fsp3) is 0. The van der Waals surface area contributed by atoms with Crippen LogP contribution >= 0.6 is 11.3 Å². The smallest absolute Gasteiger partial charge is 0.164 e. The Hall–Kier alpha value is -8.51. The highest BCUT2D eigenvalue weighted by molar-refractivity contribution is 7.25. The van der Waals surface area contributed by atoms with Crippen molar-refractivity contribution in [3.63, 3.8) is 0 Å². The Morgan fingerprint density at radius 1 is 0.288 bits per heavy atom. The van der Waals surface area contributed by atoms with E-state index in [1.807, 2.05) is 11.3 Å². The second-order valence-corrected chi connectivity index (χ2v) is 17.8. The molecule has 0 saturated heterocycles. The van der Waals surface area contributed by atoms with Crippen molar-refractivity contribution in [2.75, 3.05) is 0 Å². The first kappa shape index (κ1) is 38.0. The molecule has 0 N–H and O–H groups in total. The van der Waals surface area contributed by atoms with Gasteiger partial charge in [-0.25, -0.2) is 15.0 Å². The van der Waals surface area contributed by atoms with E-state index < -0.39 is 0 Å². The lowest BCUT2D eigenvalue weighted by atomic mass is 9.95. The number of rotatable bonds is 7. The van der Waals surface area contributed by atoms with Gasteiger partial charge in [-0.05, 0) is 98.8 Å². The van der Waals surface area contributed by atoms with Crippen LogP contribution < -0.4 is 0 Å². The highest BCUT2D eigenvalue weighted by Gasteiger charge is 2.22. The van der Waals surface area contributed by atoms with Gasteiger partial charge in [0, 0.05) is 53.3 Å². The summed E-state index contributed by atoms with van der Waals surface area (Å²) in [7, 11) is 0. The van der Waals surface area contributed by atoms with Gasteiger partial charge in [0.05, 0.1) is 11.0 Å². The minimum atomic E-state index is 0.603. The third kappa shape index (κ3) is 6.40. The van der Waals surface area contributed by atoms with E-state index in [2.05, 4.69) is 235 Å². The van der Waals surface area contributed by atoms with Gasteiger partial charge < -0.3 is 4.57 Å². The molecule has 3 heterocycles. The summed E-state index contributed by atoms with van der Waals surface area (Å²) in [5.74, 6) is 1.83. The summed E-state index contributed by atoms with van der Waals surface area (Å²) in [6, 6.07) is 82.3. The zero-order valence-electron chi connectivity index (χ0n) is 35.6. The van der Waals surface area contributed by atoms with Crippen LogP contribution in [-0.2, 0) is 0 Å². The zero-order chi connectivity index (χ0) is 43.6. The van der Waals surface area contributed by atoms with E-state index in [0.29, 0.717) is 17.5 Å². The molecule has 3 aromatic heterocycles. The van der Waals surface area contributed by atoms with Crippen LogP contribution in [0.3, 0.4) is 0 Å². The lowest BCUT2D eigenvalue weighted by Crippen LogP contribution is -2.03. The molecule has 0 radical (unpaired) electrons. The molecule has 0 amide bonds. The fourth-order valence-corrected chi connectivity index (χ4v) is 10.9. The predicted molar refractivity (Wildman–Crippen MR) is 277 cm³/mol. The Labute approximate surface area is 385 Å². The number of para-hydroxylation sites is 1. The number of benzene rings is 10. The summed E-state index contributed by atoms with van der Waals surface area (Å²) in [6.07, 6.45) is 0. The number of aromatic nitrogens is 4. The topological polar surface area (TPSA) is 43.6 Å². The first-order valence-electron chi connectivity index (χ1n) is 22.3. The van der Waals surface area contributed by atoms with Crippen molar-refractivity contribution in [3.05, 3.63) is 231 Å². The van der Waals surface area contributed by atoms with Crippen LogP contribution in [0.2, 0.25) is 0 Å². The van der Waals surface area contributed by atoms with Crippen molar-refractivity contribution >= 4 is 64.1 Å². The number of thiophene rings is 1. The molecule has 66 heavy (non-hydrogen) atoms. The molecule has 0 spiro atoms. The van der Waals surface area contributed by atoms with E-state index in [1.165, 1.54) is 41.7 Å². The van der Waals surface area contributed by atoms with Crippen LogP contribution in [0.25, 0.3) is 126 Å². The summed E-state index contributed by atoms with van der Waals surface area (Å²) in [4.78, 5) is 16.3. The molecule has 0 saturated carbocycles. The Balaban J connectivity index is 1.10. The van der Waals surface area contributed by atoms with Crippen LogP contribution in [0.1, 0.15) is 0 Å². The van der Waals surface area contributed by atoms with Gasteiger partial charge in [-0.1, -0.05) is 176 Å². The molecule has 0 aliphatic rings. The Bertz CT molecular complexity index is 3900. The lowest BCUT2D eigenvalue weighted by molar-refractivity contribution is 1.07. The summed E-state index contributed by atoms with van der Waals surface area (Å²) >= 11 is 1.83. The molecular weight excluding hydrogens is 821 g/mol. The van der Waals surface area contributed by atoms with Crippen molar-refractivity contribution in [1.82, 2.24) is 19.5 Å². The second kappa shape index (κ2) is 15.6. The monoisotopic (exact) mass is 858 g/mol. The molecule has 10 aromatic carbocycles. The standard InChI is InChI=1S/C61H38N4S/c1-3-17-39(18-4-1)45-23-9-11-27-49(45)59-62-60(50-28-12-10-24-46(50)40-19-5-2-6-20-40)64-61(63-59)51-33-32-44(38-52(51)43-31-34-58-54(36-43)48-26-14-16-30-57(48)66-58)65-55-29-15-13-25-47(55)53-35-41-21-7-8-22-42(41)37-56(53)65/h1-38H. The minimum Gasteiger partial charge on any atom is -0.309 e. The quantitative estimate of drug-likeness (QED) is 0.160. The van der Waals surface area contributed by atoms with Gasteiger partial charge in [-0.2, -0.15) is 0 Å². The van der Waals surface area contributed by atoms with Crippen molar-refractivity contribution in [1.29, 1.82) is 0 Å². The van der Waals surface area contributed by atoms with Crippen molar-refractivity contribution in [2.24, 2.45) is 0 Å². The van der Waals surface area contributed by atoms with Crippen LogP contribution in [-0.4, -0.2) is 19.5 Å². The molecular formula is C61H38N4S. The molecule has 4 nitrogen and oxygen atoms in total. The normalized spacial score (nSPS) is 11.6. The van der Waals surface area contributed by atoms with Crippen molar-refractivity contribution in [3.8, 4) is 73.2 Å². The number of hydrogen-bond donors (Lipinski definition) is 0. The predicted octanol–water partition coefficient (Wildman–Crippen LogP) is 16.5. The third-order valence-electron chi connectivity index (χ3n) is 12.9. The lowest BCUT2D eigenvalue weighted by Gasteiger charge is -2.17. The number of nitrogens with zero attached hydrogens (tertiary/aromatic N) is 4. The highest BCUT2D eigenvalue weighted by atomic mass is 32.1. The van der Waals surface area contributed by atoms with E-state index in [-0.39, 0.29) is 0 Å². The molecule has 0 fully saturated rings. The van der Waals surface area contributed by atoms with Crippen LogP contribution in [0.15, 0.2) is 231 Å². The molecule has 0 bridgehead atoms. The third-order valence-corrected chi connectivity index (χ3v) is 14.0. The van der Waals surface area contributed by atoms with E-state index >= 15 is 0 Å². The van der Waals surface area contributed by atoms with Gasteiger partial charge in [0.15, 0.2) is 17.5 Å². The summed E-state index contributed by atoms with van der Waals surface area (Å²) in [5, 5.41) is 7.37. The fourth-order valence-electron chi connectivity index (χ4n) is 9.76. The average Bonchev–Trinajstić information content (AvgIpc) is 3.93. The van der Waals surface area contributed by atoms with E-state index in [0.717, 1.165) is 66.8 Å². The van der Waals surface area contributed by atoms with Crippen LogP contribution in [0.5, 0.6) is 0 Å². The zero-order valence-corrected chi connectivity index (χ0v) is 36.5. The molecule has 308 valence electrons. The SMILES string of the molecule is c1ccc(-c2ccccc2-c2nc(-c3ccccc3-c3ccccc3)nc(-c3ccc(-n4c5ccccc5c5cc6ccccc6cc54)cc3-c3ccc4sc5ccccc5c4c3)n2)cc1. The first-order valence-corrected chi connectivity index (χ1v) is 23.1. The maximum atomic E-state index is 5.48. The van der Waals surface area contributed by atoms with Gasteiger partial charge in [-0.3, -0.25) is 0 Å². The number of fused-ring (bicyclic) bond motifs is 7. The van der Waals surface area contributed by atoms with Gasteiger partial charge in [-0.15, -0.1) is 11.3 Å². The molecule has 13 aromatic rings. The summed E-state index contributed by atoms with van der Waals surface area (Å²) in [6.45, 7) is 0. The summed E-state index contributed by atoms with van der Waals surface area (Å²) in [5.41, 5.74) is 12.6. The van der Waals surface area contributed by atoms with E-state index in [1.54, 1.807) is 0 Å². The molecule has 0 atom stereocenters. The molecule has 5 heteroatoms. The molecule has 0 unspecified atom stereocenters. The van der Waals surface area contributed by atoms with E-state index in [9.17, 15) is 0 Å². The minimum absolute atomic E-state index is 0.603. The van der Waals surface area contributed by atoms with E-state index in [4.69, 9.17) is 15.0 Å². The largest absolute Gasteiger partial charge is 0.309 e. The maximum Gasteiger partial charge on any atom is 0.164 e. The first-order chi connectivity index (χ1) is 32.7.